The molecule has 0 radical (unpaired) electrons. The van der Waals surface area contributed by atoms with E-state index in [0.29, 0.717) is 18.7 Å². The van der Waals surface area contributed by atoms with Gasteiger partial charge in [0.1, 0.15) is 5.75 Å². The van der Waals surface area contributed by atoms with Gasteiger partial charge in [-0.25, -0.2) is 0 Å². The minimum Gasteiger partial charge on any atom is -0.494 e. The summed E-state index contributed by atoms with van der Waals surface area (Å²) in [5.41, 5.74) is 3.59. The first-order valence-electron chi connectivity index (χ1n) is 7.75. The Kier molecular flexibility index (Phi) is 5.23. The summed E-state index contributed by atoms with van der Waals surface area (Å²) in [7, 11) is 0. The molecule has 4 nitrogen and oxygen atoms in total. The van der Waals surface area contributed by atoms with Gasteiger partial charge in [-0.2, -0.15) is 11.3 Å². The van der Waals surface area contributed by atoms with Gasteiger partial charge in [0.05, 0.1) is 12.3 Å². The van der Waals surface area contributed by atoms with Crippen LogP contribution in [0.25, 0.3) is 11.3 Å². The summed E-state index contributed by atoms with van der Waals surface area (Å²) in [6, 6.07) is 13.0. The monoisotopic (exact) mass is 338 g/mol. The largest absolute Gasteiger partial charge is 0.494 e. The number of nitrogens with one attached hydrogen (secondary N) is 1. The molecule has 0 saturated carbocycles. The van der Waals surface area contributed by atoms with Crippen LogP contribution in [0.1, 0.15) is 22.8 Å². The Bertz CT molecular complexity index is 798. The van der Waals surface area contributed by atoms with Crippen molar-refractivity contribution in [3.63, 3.8) is 0 Å². The zero-order chi connectivity index (χ0) is 16.8. The standard InChI is InChI=1S/C19H18N2O2S/c1-2-23-17-7-5-14(6-8-17)19(22)21-12-15-4-3-10-20-18(15)16-9-11-24-13-16/h3-11,13H,2,12H2,1H3,(H,21,22). The van der Waals surface area contributed by atoms with Crippen LogP contribution in [-0.4, -0.2) is 17.5 Å². The topological polar surface area (TPSA) is 51.2 Å². The van der Waals surface area contributed by atoms with E-state index in [2.05, 4.69) is 15.7 Å². The second-order valence-corrected chi connectivity index (χ2v) is 5.94. The average Bonchev–Trinajstić information content (AvgIpc) is 3.15. The van der Waals surface area contributed by atoms with Gasteiger partial charge < -0.3 is 10.1 Å². The summed E-state index contributed by atoms with van der Waals surface area (Å²) in [6.45, 7) is 2.97. The quantitative estimate of drug-likeness (QED) is 0.735. The van der Waals surface area contributed by atoms with Crippen molar-refractivity contribution in [3.05, 3.63) is 70.5 Å². The Hall–Kier alpha value is -2.66. The number of rotatable bonds is 6. The molecule has 3 aromatic rings. The predicted molar refractivity (Wildman–Crippen MR) is 96.3 cm³/mol. The molecule has 0 bridgehead atoms. The smallest absolute Gasteiger partial charge is 0.251 e. The summed E-state index contributed by atoms with van der Waals surface area (Å²) in [5, 5.41) is 7.03. The van der Waals surface area contributed by atoms with Gasteiger partial charge in [0.15, 0.2) is 0 Å². The van der Waals surface area contributed by atoms with E-state index in [0.717, 1.165) is 22.6 Å². The molecule has 2 aromatic heterocycles. The number of hydrogen-bond acceptors (Lipinski definition) is 4. The molecule has 0 atom stereocenters. The minimum absolute atomic E-state index is 0.113. The zero-order valence-corrected chi connectivity index (χ0v) is 14.2. The van der Waals surface area contributed by atoms with Crippen molar-refractivity contribution >= 4 is 17.2 Å². The van der Waals surface area contributed by atoms with Gasteiger partial charge in [0, 0.05) is 29.2 Å². The second-order valence-electron chi connectivity index (χ2n) is 5.16. The molecule has 1 amide bonds. The Labute approximate surface area is 145 Å². The number of hydrogen-bond donors (Lipinski definition) is 1. The predicted octanol–water partition coefficient (Wildman–Crippen LogP) is 4.14. The minimum atomic E-state index is -0.113. The molecular weight excluding hydrogens is 320 g/mol. The Morgan fingerprint density at radius 3 is 2.75 bits per heavy atom. The van der Waals surface area contributed by atoms with Crippen molar-refractivity contribution in [2.75, 3.05) is 6.61 Å². The molecule has 122 valence electrons. The van der Waals surface area contributed by atoms with Crippen LogP contribution in [0.2, 0.25) is 0 Å². The van der Waals surface area contributed by atoms with E-state index in [1.165, 1.54) is 0 Å². The van der Waals surface area contributed by atoms with Crippen LogP contribution in [0, 0.1) is 0 Å². The van der Waals surface area contributed by atoms with Crippen molar-refractivity contribution in [1.82, 2.24) is 10.3 Å². The fraction of sp³-hybridized carbons (Fsp3) is 0.158. The third-order valence-electron chi connectivity index (χ3n) is 3.55. The van der Waals surface area contributed by atoms with Gasteiger partial charge in [0.25, 0.3) is 5.91 Å². The molecule has 3 rings (SSSR count). The number of pyridine rings is 1. The molecular formula is C19H18N2O2S. The molecule has 0 saturated heterocycles. The number of carbonyl (C=O) groups is 1. The van der Waals surface area contributed by atoms with Crippen LogP contribution in [0.4, 0.5) is 0 Å². The molecule has 0 aliphatic carbocycles. The molecule has 24 heavy (non-hydrogen) atoms. The molecule has 0 aliphatic rings. The fourth-order valence-electron chi connectivity index (χ4n) is 2.39. The molecule has 0 spiro atoms. The van der Waals surface area contributed by atoms with E-state index < -0.39 is 0 Å². The number of benzene rings is 1. The van der Waals surface area contributed by atoms with E-state index >= 15 is 0 Å². The van der Waals surface area contributed by atoms with Gasteiger partial charge in [-0.3, -0.25) is 9.78 Å². The highest BCUT2D eigenvalue weighted by Gasteiger charge is 2.10. The molecule has 0 unspecified atom stereocenters. The second kappa shape index (κ2) is 7.75. The first-order chi connectivity index (χ1) is 11.8. The Balaban J connectivity index is 1.69. The first kappa shape index (κ1) is 16.2. The lowest BCUT2D eigenvalue weighted by Gasteiger charge is -2.09. The van der Waals surface area contributed by atoms with Crippen LogP contribution in [0.3, 0.4) is 0 Å². The Morgan fingerprint density at radius 1 is 1.21 bits per heavy atom. The maximum Gasteiger partial charge on any atom is 0.251 e. The molecule has 0 aliphatic heterocycles. The fourth-order valence-corrected chi connectivity index (χ4v) is 3.03. The summed E-state index contributed by atoms with van der Waals surface area (Å²) < 4.78 is 5.39. The third-order valence-corrected chi connectivity index (χ3v) is 4.24. The van der Waals surface area contributed by atoms with Crippen molar-refractivity contribution in [2.45, 2.75) is 13.5 Å². The lowest BCUT2D eigenvalue weighted by atomic mass is 10.1. The SMILES string of the molecule is CCOc1ccc(C(=O)NCc2cccnc2-c2ccsc2)cc1. The molecule has 2 heterocycles. The summed E-state index contributed by atoms with van der Waals surface area (Å²) in [4.78, 5) is 16.8. The van der Waals surface area contributed by atoms with Crippen molar-refractivity contribution < 1.29 is 9.53 Å². The van der Waals surface area contributed by atoms with Gasteiger partial charge in [-0.05, 0) is 54.3 Å². The summed E-state index contributed by atoms with van der Waals surface area (Å²) in [6.07, 6.45) is 1.77. The first-order valence-corrected chi connectivity index (χ1v) is 8.69. The zero-order valence-electron chi connectivity index (χ0n) is 13.4. The van der Waals surface area contributed by atoms with Crippen LogP contribution >= 0.6 is 11.3 Å². The highest BCUT2D eigenvalue weighted by molar-refractivity contribution is 7.08. The number of aromatic nitrogens is 1. The van der Waals surface area contributed by atoms with Gasteiger partial charge in [-0.1, -0.05) is 6.07 Å². The number of carbonyl (C=O) groups excluding carboxylic acids is 1. The van der Waals surface area contributed by atoms with E-state index in [1.54, 1.807) is 41.8 Å². The normalized spacial score (nSPS) is 10.4. The number of ether oxygens (including phenoxy) is 1. The number of thiophene rings is 1. The van der Waals surface area contributed by atoms with E-state index in [-0.39, 0.29) is 5.91 Å². The van der Waals surface area contributed by atoms with E-state index in [4.69, 9.17) is 4.74 Å². The maximum absolute atomic E-state index is 12.3. The van der Waals surface area contributed by atoms with Crippen LogP contribution < -0.4 is 10.1 Å². The highest BCUT2D eigenvalue weighted by atomic mass is 32.1. The van der Waals surface area contributed by atoms with Crippen LogP contribution in [-0.2, 0) is 6.54 Å². The third kappa shape index (κ3) is 3.81. The summed E-state index contributed by atoms with van der Waals surface area (Å²) in [5.74, 6) is 0.652. The van der Waals surface area contributed by atoms with Crippen molar-refractivity contribution in [1.29, 1.82) is 0 Å². The van der Waals surface area contributed by atoms with Gasteiger partial charge >= 0.3 is 0 Å². The van der Waals surface area contributed by atoms with E-state index in [9.17, 15) is 4.79 Å². The number of nitrogens with zero attached hydrogens (tertiary/aromatic N) is 1. The highest BCUT2D eigenvalue weighted by Crippen LogP contribution is 2.23. The van der Waals surface area contributed by atoms with Crippen LogP contribution in [0.5, 0.6) is 5.75 Å². The van der Waals surface area contributed by atoms with Crippen LogP contribution in [0.15, 0.2) is 59.4 Å². The van der Waals surface area contributed by atoms with Crippen molar-refractivity contribution in [3.8, 4) is 17.0 Å². The summed E-state index contributed by atoms with van der Waals surface area (Å²) >= 11 is 1.63. The Morgan fingerprint density at radius 2 is 2.04 bits per heavy atom. The van der Waals surface area contributed by atoms with Gasteiger partial charge in [0.2, 0.25) is 0 Å². The number of amides is 1. The molecule has 5 heteroatoms. The lowest BCUT2D eigenvalue weighted by molar-refractivity contribution is 0.0951. The maximum atomic E-state index is 12.3. The molecule has 0 fully saturated rings. The van der Waals surface area contributed by atoms with Gasteiger partial charge in [-0.15, -0.1) is 0 Å². The van der Waals surface area contributed by atoms with Crippen molar-refractivity contribution in [2.24, 2.45) is 0 Å². The lowest BCUT2D eigenvalue weighted by Crippen LogP contribution is -2.23. The molecule has 1 aromatic carbocycles. The van der Waals surface area contributed by atoms with E-state index in [1.807, 2.05) is 30.5 Å². The molecule has 1 N–H and O–H groups in total. The average molecular weight is 338 g/mol.